The summed E-state index contributed by atoms with van der Waals surface area (Å²) in [6, 6.07) is 7.37. The Morgan fingerprint density at radius 2 is 1.91 bits per heavy atom. The summed E-state index contributed by atoms with van der Waals surface area (Å²) >= 11 is 0. The van der Waals surface area contributed by atoms with Gasteiger partial charge >= 0.3 is 0 Å². The molecular weight excluding hydrogens is 424 g/mol. The lowest BCUT2D eigenvalue weighted by Gasteiger charge is -2.28. The Morgan fingerprint density at radius 1 is 1.15 bits per heavy atom. The van der Waals surface area contributed by atoms with E-state index >= 15 is 0 Å². The molecule has 0 bridgehead atoms. The highest BCUT2D eigenvalue weighted by molar-refractivity contribution is 6.46. The summed E-state index contributed by atoms with van der Waals surface area (Å²) in [5, 5.41) is 13.3. The van der Waals surface area contributed by atoms with Gasteiger partial charge in [0.1, 0.15) is 12.4 Å². The first-order chi connectivity index (χ1) is 16.0. The van der Waals surface area contributed by atoms with Gasteiger partial charge in [-0.05, 0) is 35.4 Å². The Balaban J connectivity index is 1.76. The van der Waals surface area contributed by atoms with Crippen LogP contribution in [0.2, 0.25) is 0 Å². The number of hydrogen-bond donors (Lipinski definition) is 1. The second-order valence-electron chi connectivity index (χ2n) is 7.53. The number of ketones is 1. The number of methoxy groups -OCH3 is 2. The molecule has 170 valence electrons. The van der Waals surface area contributed by atoms with E-state index < -0.39 is 23.5 Å². The molecule has 0 spiro atoms. The van der Waals surface area contributed by atoms with Crippen LogP contribution in [0.1, 0.15) is 23.6 Å². The number of H-pyrrole nitrogens is 1. The molecule has 1 aliphatic rings. The van der Waals surface area contributed by atoms with Crippen LogP contribution in [0.5, 0.6) is 11.5 Å². The van der Waals surface area contributed by atoms with Crippen molar-refractivity contribution >= 4 is 17.4 Å². The van der Waals surface area contributed by atoms with Crippen molar-refractivity contribution in [3.8, 4) is 11.5 Å². The topological polar surface area (TPSA) is 111 Å². The fourth-order valence-corrected chi connectivity index (χ4v) is 4.01. The number of carbonyl (C=O) groups is 2. The third-order valence-corrected chi connectivity index (χ3v) is 5.61. The van der Waals surface area contributed by atoms with Gasteiger partial charge in [0.15, 0.2) is 11.5 Å². The van der Waals surface area contributed by atoms with E-state index in [2.05, 4.69) is 9.97 Å². The van der Waals surface area contributed by atoms with Gasteiger partial charge in [-0.15, -0.1) is 0 Å². The minimum atomic E-state index is -0.832. The van der Waals surface area contributed by atoms with Crippen molar-refractivity contribution in [2.75, 3.05) is 20.8 Å². The average molecular weight is 448 g/mol. The first-order valence-corrected chi connectivity index (χ1v) is 10.5. The Kier molecular flexibility index (Phi) is 6.39. The number of ether oxygens (including phenoxy) is 2. The summed E-state index contributed by atoms with van der Waals surface area (Å²) in [6.45, 7) is 0.947. The molecule has 0 aliphatic carbocycles. The van der Waals surface area contributed by atoms with E-state index in [0.717, 1.165) is 0 Å². The number of aryl methyl sites for hydroxylation is 1. The number of rotatable bonds is 8. The monoisotopic (exact) mass is 448 g/mol. The van der Waals surface area contributed by atoms with Gasteiger partial charge in [-0.1, -0.05) is 11.8 Å². The van der Waals surface area contributed by atoms with Crippen LogP contribution in [0.25, 0.3) is 5.76 Å². The van der Waals surface area contributed by atoms with E-state index in [4.69, 9.17) is 9.47 Å². The van der Waals surface area contributed by atoms with Crippen molar-refractivity contribution in [2.45, 2.75) is 19.0 Å². The molecule has 1 N–H and O–H groups in total. The molecular formula is C24H24N4O5. The second kappa shape index (κ2) is 9.56. The number of hydrogen-bond acceptors (Lipinski definition) is 6. The third kappa shape index (κ3) is 4.30. The van der Waals surface area contributed by atoms with Crippen LogP contribution in [-0.4, -0.2) is 47.3 Å². The van der Waals surface area contributed by atoms with Crippen LogP contribution in [0, 0.1) is 0 Å². The molecule has 33 heavy (non-hydrogen) atoms. The Hall–Kier alpha value is -4.14. The predicted octanol–water partition coefficient (Wildman–Crippen LogP) is 1.03. The molecule has 1 saturated heterocycles. The summed E-state index contributed by atoms with van der Waals surface area (Å²) < 4.78 is 12.7. The molecule has 3 aromatic rings. The quantitative estimate of drug-likeness (QED) is 0.238. The number of aromatic nitrogens is 3. The number of Topliss-reactive ketones (excluding diaryl/α,β-unsaturated/α-hetero) is 1. The highest BCUT2D eigenvalue weighted by Gasteiger charge is 2.44. The Bertz CT molecular complexity index is 1170. The summed E-state index contributed by atoms with van der Waals surface area (Å²) in [6.07, 6.45) is 9.05. The Morgan fingerprint density at radius 3 is 2.58 bits per heavy atom. The summed E-state index contributed by atoms with van der Waals surface area (Å²) in [5.74, 6) is -1.01. The highest BCUT2D eigenvalue weighted by Crippen LogP contribution is 2.41. The van der Waals surface area contributed by atoms with Crippen molar-refractivity contribution in [3.63, 3.8) is 0 Å². The lowest BCUT2D eigenvalue weighted by Crippen LogP contribution is -2.36. The highest BCUT2D eigenvalue weighted by atomic mass is 16.5. The fourth-order valence-electron chi connectivity index (χ4n) is 4.01. The molecule has 1 unspecified atom stereocenters. The maximum absolute atomic E-state index is 13.3. The molecule has 4 rings (SSSR count). The number of aromatic amines is 1. The van der Waals surface area contributed by atoms with Gasteiger partial charge in [-0.25, -0.2) is 4.57 Å². The second-order valence-corrected chi connectivity index (χ2v) is 7.53. The van der Waals surface area contributed by atoms with Gasteiger partial charge in [-0.3, -0.25) is 19.6 Å². The summed E-state index contributed by atoms with van der Waals surface area (Å²) in [4.78, 5) is 34.4. The maximum atomic E-state index is 13.3. The van der Waals surface area contributed by atoms with Gasteiger partial charge in [0.05, 0.1) is 26.8 Å². The zero-order valence-electron chi connectivity index (χ0n) is 18.4. The van der Waals surface area contributed by atoms with Gasteiger partial charge in [0.2, 0.25) is 12.1 Å². The fraction of sp³-hybridized carbons (Fsp3) is 0.250. The smallest absolute Gasteiger partial charge is 0.295 e. The standard InChI is InChI=1S/C24H24N4O5/c1-32-18-5-4-17(14-19(18)33-2)21-20(22(29)16-6-8-25-9-7-16)23(30)24(31)28(21)12-3-11-27-13-10-26-15-27/h4-10,13-15,21H,3,11-12H2,1-2H3,(H,29,30). The molecule has 1 aromatic carbocycles. The predicted molar refractivity (Wildman–Crippen MR) is 116 cm³/mol. The number of likely N-dealkylation sites (tertiary alicyclic amines) is 1. The first kappa shape index (κ1) is 22.1. The van der Waals surface area contributed by atoms with Crippen molar-refractivity contribution < 1.29 is 28.7 Å². The lowest BCUT2D eigenvalue weighted by atomic mass is 9.95. The van der Waals surface area contributed by atoms with Gasteiger partial charge in [0, 0.05) is 30.9 Å². The van der Waals surface area contributed by atoms with Crippen LogP contribution in [-0.2, 0) is 16.1 Å². The number of nitrogens with one attached hydrogen (secondary N) is 1. The van der Waals surface area contributed by atoms with Crippen molar-refractivity contribution in [3.05, 3.63) is 78.1 Å². The number of amides is 1. The molecule has 1 aliphatic heterocycles. The number of nitrogens with zero attached hydrogens (tertiary/aromatic N) is 3. The van der Waals surface area contributed by atoms with Crippen molar-refractivity contribution in [2.24, 2.45) is 0 Å². The molecule has 9 heteroatoms. The first-order valence-electron chi connectivity index (χ1n) is 10.5. The molecule has 0 saturated carbocycles. The van der Waals surface area contributed by atoms with Gasteiger partial charge < -0.3 is 19.5 Å². The van der Waals surface area contributed by atoms with E-state index in [-0.39, 0.29) is 5.57 Å². The Labute approximate surface area is 190 Å². The zero-order valence-corrected chi connectivity index (χ0v) is 18.4. The number of carbonyl (C=O) groups excluding carboxylic acids is 2. The SMILES string of the molecule is COc1ccc(C2C(=C([O-])c3ccncc3)C(=O)C(=O)N2CCC[n+]2cc[nH]c2)cc1OC. The molecule has 1 fully saturated rings. The van der Waals surface area contributed by atoms with Gasteiger partial charge in [-0.2, -0.15) is 0 Å². The molecule has 2 aromatic heterocycles. The summed E-state index contributed by atoms with van der Waals surface area (Å²) in [7, 11) is 3.03. The van der Waals surface area contributed by atoms with Crippen LogP contribution in [0.3, 0.4) is 0 Å². The zero-order chi connectivity index (χ0) is 23.4. The van der Waals surface area contributed by atoms with Crippen molar-refractivity contribution in [1.82, 2.24) is 14.9 Å². The van der Waals surface area contributed by atoms with Crippen molar-refractivity contribution in [1.29, 1.82) is 0 Å². The lowest BCUT2D eigenvalue weighted by molar-refractivity contribution is -0.695. The molecule has 9 nitrogen and oxygen atoms in total. The number of pyridine rings is 1. The normalized spacial score (nSPS) is 17.4. The van der Waals surface area contributed by atoms with E-state index in [1.807, 2.05) is 17.1 Å². The molecule has 1 atom stereocenters. The van der Waals surface area contributed by atoms with Crippen LogP contribution in [0.15, 0.2) is 67.0 Å². The van der Waals surface area contributed by atoms with Crippen LogP contribution in [0.4, 0.5) is 0 Å². The molecule has 0 radical (unpaired) electrons. The third-order valence-electron chi connectivity index (χ3n) is 5.61. The van der Waals surface area contributed by atoms with Gasteiger partial charge in [0.25, 0.3) is 5.91 Å². The minimum Gasteiger partial charge on any atom is -0.872 e. The average Bonchev–Trinajstić information content (AvgIpc) is 3.46. The summed E-state index contributed by atoms with van der Waals surface area (Å²) in [5.41, 5.74) is 0.822. The number of imidazole rings is 1. The maximum Gasteiger partial charge on any atom is 0.295 e. The van der Waals surface area contributed by atoms with E-state index in [1.54, 1.807) is 24.4 Å². The molecule has 3 heterocycles. The minimum absolute atomic E-state index is 0.0762. The van der Waals surface area contributed by atoms with Crippen LogP contribution < -0.4 is 19.1 Å². The van der Waals surface area contributed by atoms with E-state index in [9.17, 15) is 14.7 Å². The number of benzene rings is 1. The van der Waals surface area contributed by atoms with E-state index in [1.165, 1.54) is 43.6 Å². The van der Waals surface area contributed by atoms with E-state index in [0.29, 0.717) is 42.1 Å². The largest absolute Gasteiger partial charge is 0.872 e. The molecule has 1 amide bonds. The van der Waals surface area contributed by atoms with Crippen LogP contribution >= 0.6 is 0 Å².